The van der Waals surface area contributed by atoms with E-state index in [-0.39, 0.29) is 0 Å². The molecule has 0 spiro atoms. The van der Waals surface area contributed by atoms with Crippen LogP contribution in [0.3, 0.4) is 0 Å². The molecule has 5 heteroatoms. The zero-order valence-electron chi connectivity index (χ0n) is 8.58. The van der Waals surface area contributed by atoms with Gasteiger partial charge in [0, 0.05) is 10.2 Å². The quantitative estimate of drug-likeness (QED) is 0.663. The van der Waals surface area contributed by atoms with Gasteiger partial charge in [0.1, 0.15) is 11.5 Å². The minimum absolute atomic E-state index is 0.694. The van der Waals surface area contributed by atoms with Gasteiger partial charge in [-0.05, 0) is 68.3 Å². The van der Waals surface area contributed by atoms with Crippen molar-refractivity contribution >= 4 is 53.5 Å². The van der Waals surface area contributed by atoms with Crippen molar-refractivity contribution in [3.05, 3.63) is 49.8 Å². The van der Waals surface area contributed by atoms with Crippen molar-refractivity contribution in [3.8, 4) is 11.5 Å². The van der Waals surface area contributed by atoms with E-state index in [1.54, 1.807) is 6.07 Å². The van der Waals surface area contributed by atoms with Crippen molar-refractivity contribution in [3.63, 3.8) is 0 Å². The second kappa shape index (κ2) is 5.42. The molecule has 0 saturated carbocycles. The van der Waals surface area contributed by atoms with Crippen LogP contribution in [0.25, 0.3) is 0 Å². The van der Waals surface area contributed by atoms with Crippen LogP contribution < -0.4 is 10.5 Å². The molecular weight excluding hydrogens is 414 g/mol. The van der Waals surface area contributed by atoms with Gasteiger partial charge in [-0.15, -0.1) is 0 Å². The molecule has 0 aromatic heterocycles. The summed E-state index contributed by atoms with van der Waals surface area (Å²) in [6, 6.07) is 11.2. The SMILES string of the molecule is Nc1ccc(Oc2ccc(Br)cc2Br)c(Br)c1. The standard InChI is InChI=1S/C12H8Br3NO/c13-7-1-3-11(9(14)5-7)17-12-4-2-8(16)6-10(12)15/h1-6H,16H2. The van der Waals surface area contributed by atoms with Gasteiger partial charge in [0.25, 0.3) is 0 Å². The molecular formula is C12H8Br3NO. The lowest BCUT2D eigenvalue weighted by molar-refractivity contribution is 0.476. The fourth-order valence-electron chi connectivity index (χ4n) is 1.28. The van der Waals surface area contributed by atoms with Gasteiger partial charge in [-0.2, -0.15) is 0 Å². The van der Waals surface area contributed by atoms with Gasteiger partial charge < -0.3 is 10.5 Å². The molecule has 0 amide bonds. The van der Waals surface area contributed by atoms with Crippen LogP contribution in [-0.2, 0) is 0 Å². The van der Waals surface area contributed by atoms with Gasteiger partial charge in [-0.25, -0.2) is 0 Å². The molecule has 0 aliphatic rings. The maximum Gasteiger partial charge on any atom is 0.141 e. The van der Waals surface area contributed by atoms with Crippen molar-refractivity contribution in [2.24, 2.45) is 0 Å². The van der Waals surface area contributed by atoms with Gasteiger partial charge in [0.15, 0.2) is 0 Å². The Morgan fingerprint density at radius 1 is 0.824 bits per heavy atom. The summed E-state index contributed by atoms with van der Waals surface area (Å²) in [4.78, 5) is 0. The monoisotopic (exact) mass is 419 g/mol. The normalized spacial score (nSPS) is 10.3. The lowest BCUT2D eigenvalue weighted by atomic mass is 10.3. The third-order valence-corrected chi connectivity index (χ3v) is 3.80. The first-order valence-corrected chi connectivity index (χ1v) is 7.12. The van der Waals surface area contributed by atoms with Gasteiger partial charge in [0.2, 0.25) is 0 Å². The van der Waals surface area contributed by atoms with Crippen molar-refractivity contribution in [1.29, 1.82) is 0 Å². The van der Waals surface area contributed by atoms with E-state index < -0.39 is 0 Å². The Balaban J connectivity index is 2.31. The van der Waals surface area contributed by atoms with Gasteiger partial charge in [-0.3, -0.25) is 0 Å². The van der Waals surface area contributed by atoms with Crippen LogP contribution in [0.2, 0.25) is 0 Å². The van der Waals surface area contributed by atoms with E-state index in [1.165, 1.54) is 0 Å². The minimum atomic E-state index is 0.694. The van der Waals surface area contributed by atoms with Crippen LogP contribution in [0.4, 0.5) is 5.69 Å². The van der Waals surface area contributed by atoms with Crippen molar-refractivity contribution in [1.82, 2.24) is 0 Å². The topological polar surface area (TPSA) is 35.2 Å². The zero-order valence-corrected chi connectivity index (χ0v) is 13.3. The molecule has 0 heterocycles. The summed E-state index contributed by atoms with van der Waals surface area (Å²) in [5, 5.41) is 0. The molecule has 2 rings (SSSR count). The van der Waals surface area contributed by atoms with Crippen molar-refractivity contribution in [2.75, 3.05) is 5.73 Å². The number of hydrogen-bond acceptors (Lipinski definition) is 2. The summed E-state index contributed by atoms with van der Waals surface area (Å²) in [7, 11) is 0. The van der Waals surface area contributed by atoms with Gasteiger partial charge in [-0.1, -0.05) is 15.9 Å². The number of nitrogens with two attached hydrogens (primary N) is 1. The second-order valence-corrected chi connectivity index (χ2v) is 5.99. The third-order valence-electron chi connectivity index (χ3n) is 2.07. The average molecular weight is 422 g/mol. The third kappa shape index (κ3) is 3.24. The molecule has 0 unspecified atom stereocenters. The van der Waals surface area contributed by atoms with Gasteiger partial charge >= 0.3 is 0 Å². The lowest BCUT2D eigenvalue weighted by Gasteiger charge is -2.10. The predicted molar refractivity (Wildman–Crippen MR) is 80.5 cm³/mol. The molecule has 2 nitrogen and oxygen atoms in total. The van der Waals surface area contributed by atoms with Crippen LogP contribution in [0.5, 0.6) is 11.5 Å². The van der Waals surface area contributed by atoms with E-state index in [2.05, 4.69) is 47.8 Å². The van der Waals surface area contributed by atoms with Crippen LogP contribution in [-0.4, -0.2) is 0 Å². The molecule has 0 fully saturated rings. The summed E-state index contributed by atoms with van der Waals surface area (Å²) in [6.45, 7) is 0. The number of ether oxygens (including phenoxy) is 1. The number of halogens is 3. The number of hydrogen-bond donors (Lipinski definition) is 1. The van der Waals surface area contributed by atoms with Crippen LogP contribution >= 0.6 is 47.8 Å². The number of rotatable bonds is 2. The van der Waals surface area contributed by atoms with Crippen molar-refractivity contribution < 1.29 is 4.74 Å². The van der Waals surface area contributed by atoms with E-state index in [0.717, 1.165) is 24.9 Å². The predicted octanol–water partition coefficient (Wildman–Crippen LogP) is 5.35. The van der Waals surface area contributed by atoms with Gasteiger partial charge in [0.05, 0.1) is 8.95 Å². The highest BCUT2D eigenvalue weighted by atomic mass is 79.9. The number of nitrogen functional groups attached to an aromatic ring is 1. The summed E-state index contributed by atoms with van der Waals surface area (Å²) in [6.07, 6.45) is 0. The highest BCUT2D eigenvalue weighted by Crippen LogP contribution is 2.35. The molecule has 2 aromatic carbocycles. The summed E-state index contributed by atoms with van der Waals surface area (Å²) < 4.78 is 8.48. The molecule has 2 aromatic rings. The highest BCUT2D eigenvalue weighted by molar-refractivity contribution is 9.11. The molecule has 0 radical (unpaired) electrons. The molecule has 0 aliphatic heterocycles. The highest BCUT2D eigenvalue weighted by Gasteiger charge is 2.06. The summed E-state index contributed by atoms with van der Waals surface area (Å²) in [5.74, 6) is 1.47. The molecule has 0 atom stereocenters. The molecule has 0 saturated heterocycles. The summed E-state index contributed by atoms with van der Waals surface area (Å²) >= 11 is 10.3. The first kappa shape index (κ1) is 12.9. The van der Waals surface area contributed by atoms with Crippen LogP contribution in [0, 0.1) is 0 Å². The minimum Gasteiger partial charge on any atom is -0.455 e. The Hall–Kier alpha value is -0.520. The van der Waals surface area contributed by atoms with E-state index in [9.17, 15) is 0 Å². The molecule has 88 valence electrons. The molecule has 0 aliphatic carbocycles. The van der Waals surface area contributed by atoms with E-state index in [4.69, 9.17) is 10.5 Å². The zero-order chi connectivity index (χ0) is 12.4. The second-order valence-electron chi connectivity index (χ2n) is 3.37. The summed E-state index contributed by atoms with van der Waals surface area (Å²) in [5.41, 5.74) is 6.36. The average Bonchev–Trinajstić information content (AvgIpc) is 2.25. The Bertz CT molecular complexity index is 508. The maximum absolute atomic E-state index is 5.78. The Morgan fingerprint density at radius 3 is 2.00 bits per heavy atom. The van der Waals surface area contributed by atoms with E-state index in [0.29, 0.717) is 5.69 Å². The van der Waals surface area contributed by atoms with E-state index >= 15 is 0 Å². The first-order valence-electron chi connectivity index (χ1n) is 4.74. The largest absolute Gasteiger partial charge is 0.455 e. The fourth-order valence-corrected chi connectivity index (χ4v) is 2.88. The Labute approximate surface area is 125 Å². The number of anilines is 1. The Kier molecular flexibility index (Phi) is 4.12. The fraction of sp³-hybridized carbons (Fsp3) is 0. The van der Waals surface area contributed by atoms with Crippen molar-refractivity contribution in [2.45, 2.75) is 0 Å². The van der Waals surface area contributed by atoms with E-state index in [1.807, 2.05) is 30.3 Å². The maximum atomic E-state index is 5.78. The van der Waals surface area contributed by atoms with Crippen LogP contribution in [0.1, 0.15) is 0 Å². The lowest BCUT2D eigenvalue weighted by Crippen LogP contribution is -1.89. The number of benzene rings is 2. The molecule has 17 heavy (non-hydrogen) atoms. The molecule has 2 N–H and O–H groups in total. The van der Waals surface area contributed by atoms with Crippen LogP contribution in [0.15, 0.2) is 49.8 Å². The Morgan fingerprint density at radius 2 is 1.41 bits per heavy atom. The smallest absolute Gasteiger partial charge is 0.141 e. The first-order chi connectivity index (χ1) is 8.06. The molecule has 0 bridgehead atoms.